The predicted molar refractivity (Wildman–Crippen MR) is 150 cm³/mol. The van der Waals surface area contributed by atoms with Crippen LogP contribution in [0.25, 0.3) is 16.8 Å². The maximum absolute atomic E-state index is 13.9. The first-order valence-corrected chi connectivity index (χ1v) is 13.2. The Morgan fingerprint density at radius 2 is 1.67 bits per heavy atom. The lowest BCUT2D eigenvalue weighted by molar-refractivity contribution is -0.153. The molecule has 0 atom stereocenters. The van der Waals surface area contributed by atoms with Gasteiger partial charge in [-0.2, -0.15) is 13.2 Å². The molecule has 2 aromatic carbocycles. The standard InChI is InChI=1S/C32H28F3N3O4/c1-20-28(38-16-5-4-9-27(38)36-20)29(39)37(19-25-14-15-26(42-25)32(33,34)35)18-21-10-12-22(13-11-21)23-7-6-8-24(17-23)31(2,3)30(40)41/h4-17H,18-19H2,1-3H3,(H,40,41). The van der Waals surface area contributed by atoms with Crippen LogP contribution < -0.4 is 0 Å². The number of benzene rings is 2. The monoisotopic (exact) mass is 575 g/mol. The average molecular weight is 576 g/mol. The SMILES string of the molecule is Cc1nc2ccccn2c1C(=O)N(Cc1ccc(-c2cccc(C(C)(C)C(=O)O)c2)cc1)Cc1ccc(C(F)(F)F)o1. The maximum atomic E-state index is 13.9. The summed E-state index contributed by atoms with van der Waals surface area (Å²) in [4.78, 5) is 31.5. The van der Waals surface area contributed by atoms with Crippen molar-refractivity contribution in [2.24, 2.45) is 0 Å². The van der Waals surface area contributed by atoms with Crippen LogP contribution in [0.2, 0.25) is 0 Å². The van der Waals surface area contributed by atoms with Gasteiger partial charge in [-0.25, -0.2) is 4.98 Å². The number of carboxylic acids is 1. The number of alkyl halides is 3. The summed E-state index contributed by atoms with van der Waals surface area (Å²) in [5.41, 5.74) is 3.39. The zero-order valence-electron chi connectivity index (χ0n) is 23.1. The highest BCUT2D eigenvalue weighted by atomic mass is 19.4. The highest BCUT2D eigenvalue weighted by Crippen LogP contribution is 2.32. The molecule has 1 N–H and O–H groups in total. The Balaban J connectivity index is 1.46. The van der Waals surface area contributed by atoms with Crippen LogP contribution in [0.1, 0.15) is 52.7 Å². The van der Waals surface area contributed by atoms with Crippen molar-refractivity contribution in [2.75, 3.05) is 0 Å². The smallest absolute Gasteiger partial charge is 0.449 e. The van der Waals surface area contributed by atoms with E-state index in [1.165, 1.54) is 11.0 Å². The van der Waals surface area contributed by atoms with E-state index < -0.39 is 29.2 Å². The molecule has 0 aliphatic rings. The average Bonchev–Trinajstić information content (AvgIpc) is 3.56. The van der Waals surface area contributed by atoms with Gasteiger partial charge in [0.15, 0.2) is 0 Å². The van der Waals surface area contributed by atoms with Gasteiger partial charge in [0.05, 0.1) is 17.7 Å². The molecule has 0 fully saturated rings. The summed E-state index contributed by atoms with van der Waals surface area (Å²) in [5, 5.41) is 9.61. The van der Waals surface area contributed by atoms with Crippen LogP contribution in [0.3, 0.4) is 0 Å². The molecule has 3 heterocycles. The number of aromatic nitrogens is 2. The quantitative estimate of drug-likeness (QED) is 0.213. The van der Waals surface area contributed by atoms with Gasteiger partial charge < -0.3 is 14.4 Å². The number of imidazole rings is 1. The van der Waals surface area contributed by atoms with E-state index >= 15 is 0 Å². The second-order valence-corrected chi connectivity index (χ2v) is 10.6. The van der Waals surface area contributed by atoms with Crippen LogP contribution in [0.4, 0.5) is 13.2 Å². The minimum absolute atomic E-state index is 0.00312. The van der Waals surface area contributed by atoms with E-state index in [1.54, 1.807) is 61.7 Å². The summed E-state index contributed by atoms with van der Waals surface area (Å²) in [6.45, 7) is 4.90. The number of furan rings is 1. The summed E-state index contributed by atoms with van der Waals surface area (Å²) < 4.78 is 46.3. The van der Waals surface area contributed by atoms with Crippen molar-refractivity contribution < 1.29 is 32.3 Å². The van der Waals surface area contributed by atoms with Crippen molar-refractivity contribution in [3.05, 3.63) is 119 Å². The van der Waals surface area contributed by atoms with E-state index in [-0.39, 0.29) is 18.8 Å². The van der Waals surface area contributed by atoms with Crippen LogP contribution in [0.15, 0.2) is 89.5 Å². The molecule has 0 unspecified atom stereocenters. The molecular weight excluding hydrogens is 547 g/mol. The largest absolute Gasteiger partial charge is 0.481 e. The lowest BCUT2D eigenvalue weighted by Crippen LogP contribution is -2.31. The number of halogens is 3. The number of nitrogens with zero attached hydrogens (tertiary/aromatic N) is 3. The minimum atomic E-state index is -4.64. The zero-order chi connectivity index (χ0) is 30.2. The number of rotatable bonds is 8. The van der Waals surface area contributed by atoms with Crippen molar-refractivity contribution >= 4 is 17.5 Å². The predicted octanol–water partition coefficient (Wildman–Crippen LogP) is 7.13. The lowest BCUT2D eigenvalue weighted by atomic mass is 9.83. The summed E-state index contributed by atoms with van der Waals surface area (Å²) in [5.74, 6) is -2.48. The number of carboxylic acid groups (broad SMARTS) is 1. The minimum Gasteiger partial charge on any atom is -0.481 e. The molecule has 0 bridgehead atoms. The molecule has 42 heavy (non-hydrogen) atoms. The summed E-state index contributed by atoms with van der Waals surface area (Å²) in [7, 11) is 0. The van der Waals surface area contributed by atoms with Crippen molar-refractivity contribution in [3.8, 4) is 11.1 Å². The first kappa shape index (κ1) is 28.7. The third-order valence-electron chi connectivity index (χ3n) is 7.26. The number of carbonyl (C=O) groups is 2. The molecule has 0 saturated heterocycles. The molecule has 0 aliphatic carbocycles. The number of amides is 1. The molecule has 216 valence electrons. The summed E-state index contributed by atoms with van der Waals surface area (Å²) >= 11 is 0. The topological polar surface area (TPSA) is 88.1 Å². The summed E-state index contributed by atoms with van der Waals surface area (Å²) in [6.07, 6.45) is -2.93. The molecule has 5 rings (SSSR count). The molecule has 7 nitrogen and oxygen atoms in total. The number of aryl methyl sites for hydroxylation is 1. The second kappa shape index (κ2) is 10.8. The number of carbonyl (C=O) groups excluding carboxylic acids is 1. The van der Waals surface area contributed by atoms with E-state index in [0.717, 1.165) is 22.8 Å². The fourth-order valence-corrected chi connectivity index (χ4v) is 4.76. The molecule has 0 saturated carbocycles. The number of hydrogen-bond acceptors (Lipinski definition) is 4. The van der Waals surface area contributed by atoms with Crippen LogP contribution in [0, 0.1) is 6.92 Å². The van der Waals surface area contributed by atoms with Gasteiger partial charge in [0.25, 0.3) is 5.91 Å². The Morgan fingerprint density at radius 1 is 0.929 bits per heavy atom. The molecule has 10 heteroatoms. The maximum Gasteiger partial charge on any atom is 0.449 e. The van der Waals surface area contributed by atoms with Crippen molar-refractivity contribution in [2.45, 2.75) is 45.5 Å². The van der Waals surface area contributed by atoms with E-state index in [1.807, 2.05) is 36.4 Å². The van der Waals surface area contributed by atoms with Gasteiger partial charge in [0.1, 0.15) is 17.1 Å². The number of aliphatic carboxylic acids is 1. The fourth-order valence-electron chi connectivity index (χ4n) is 4.76. The molecule has 1 amide bonds. The van der Waals surface area contributed by atoms with Crippen LogP contribution in [0.5, 0.6) is 0 Å². The Hall–Kier alpha value is -4.86. The highest BCUT2D eigenvalue weighted by molar-refractivity contribution is 5.94. The Labute approximate surface area is 239 Å². The second-order valence-electron chi connectivity index (χ2n) is 10.6. The fraction of sp³-hybridized carbons (Fsp3) is 0.219. The highest BCUT2D eigenvalue weighted by Gasteiger charge is 2.35. The van der Waals surface area contributed by atoms with E-state index in [4.69, 9.17) is 4.42 Å². The van der Waals surface area contributed by atoms with Gasteiger partial charge in [-0.15, -0.1) is 0 Å². The van der Waals surface area contributed by atoms with E-state index in [0.29, 0.717) is 22.6 Å². The molecule has 0 spiro atoms. The molecule has 3 aromatic heterocycles. The van der Waals surface area contributed by atoms with Crippen molar-refractivity contribution in [1.82, 2.24) is 14.3 Å². The first-order chi connectivity index (χ1) is 19.8. The van der Waals surface area contributed by atoms with E-state index in [2.05, 4.69) is 4.98 Å². The number of pyridine rings is 1. The Morgan fingerprint density at radius 3 is 2.33 bits per heavy atom. The first-order valence-electron chi connectivity index (χ1n) is 13.2. The van der Waals surface area contributed by atoms with Gasteiger partial charge in [-0.05, 0) is 67.3 Å². The van der Waals surface area contributed by atoms with Gasteiger partial charge in [-0.3, -0.25) is 14.0 Å². The van der Waals surface area contributed by atoms with Crippen molar-refractivity contribution in [1.29, 1.82) is 0 Å². The molecular formula is C32H28F3N3O4. The van der Waals surface area contributed by atoms with Crippen LogP contribution >= 0.6 is 0 Å². The van der Waals surface area contributed by atoms with Crippen molar-refractivity contribution in [3.63, 3.8) is 0 Å². The van der Waals surface area contributed by atoms with Gasteiger partial charge in [-0.1, -0.05) is 54.6 Å². The third kappa shape index (κ3) is 5.65. The number of hydrogen-bond donors (Lipinski definition) is 1. The van der Waals surface area contributed by atoms with Gasteiger partial charge >= 0.3 is 12.1 Å². The third-order valence-corrected chi connectivity index (χ3v) is 7.26. The van der Waals surface area contributed by atoms with E-state index in [9.17, 15) is 27.9 Å². The zero-order valence-corrected chi connectivity index (χ0v) is 23.1. The number of fused-ring (bicyclic) bond motifs is 1. The van der Waals surface area contributed by atoms with Crippen LogP contribution in [-0.4, -0.2) is 31.3 Å². The summed E-state index contributed by atoms with van der Waals surface area (Å²) in [6, 6.07) is 22.1. The van der Waals surface area contributed by atoms with Gasteiger partial charge in [0.2, 0.25) is 5.76 Å². The van der Waals surface area contributed by atoms with Crippen LogP contribution in [-0.2, 0) is 29.5 Å². The molecule has 5 aromatic rings. The normalized spacial score (nSPS) is 12.0. The Bertz CT molecular complexity index is 1770. The Kier molecular flexibility index (Phi) is 7.40. The van der Waals surface area contributed by atoms with Gasteiger partial charge in [0, 0.05) is 12.7 Å². The molecule has 0 aliphatic heterocycles. The lowest BCUT2D eigenvalue weighted by Gasteiger charge is -2.22. The molecule has 0 radical (unpaired) electrons.